The molecule has 0 saturated carbocycles. The van der Waals surface area contributed by atoms with Crippen LogP contribution in [-0.2, 0) is 6.18 Å². The predicted molar refractivity (Wildman–Crippen MR) is 90.3 cm³/mol. The Kier molecular flexibility index (Phi) is 6.75. The first-order valence-electron chi connectivity index (χ1n) is 7.16. The van der Waals surface area contributed by atoms with Crippen LogP contribution in [0, 0.1) is 5.41 Å². The molecule has 0 atom stereocenters. The van der Waals surface area contributed by atoms with E-state index in [-0.39, 0.29) is 0 Å². The summed E-state index contributed by atoms with van der Waals surface area (Å²) in [7, 11) is 1.64. The molecule has 23 heavy (non-hydrogen) atoms. The molecule has 0 aliphatic carbocycles. The van der Waals surface area contributed by atoms with E-state index in [1.165, 1.54) is 18.3 Å². The summed E-state index contributed by atoms with van der Waals surface area (Å²) in [5.41, 5.74) is 1.19. The van der Waals surface area contributed by atoms with Crippen molar-refractivity contribution in [2.24, 2.45) is 4.99 Å². The molecule has 0 fully saturated rings. The molecular weight excluding hydrogens is 303 g/mol. The molecule has 0 aliphatic heterocycles. The third-order valence-electron chi connectivity index (χ3n) is 3.19. The normalized spacial score (nSPS) is 12.9. The number of benzene rings is 1. The van der Waals surface area contributed by atoms with E-state index >= 15 is 0 Å². The number of rotatable bonds is 7. The van der Waals surface area contributed by atoms with Crippen molar-refractivity contribution in [3.05, 3.63) is 48.2 Å². The van der Waals surface area contributed by atoms with Gasteiger partial charge in [-0.15, -0.1) is 0 Å². The second kappa shape index (κ2) is 8.31. The molecule has 0 aromatic heterocycles. The van der Waals surface area contributed by atoms with Crippen LogP contribution in [0.3, 0.4) is 0 Å². The first kappa shape index (κ1) is 18.7. The minimum absolute atomic E-state index is 0.363. The molecule has 0 unspecified atom stereocenters. The molecule has 6 heteroatoms. The van der Waals surface area contributed by atoms with E-state index in [1.807, 2.05) is 6.92 Å². The van der Waals surface area contributed by atoms with Crippen LogP contribution in [-0.4, -0.2) is 19.0 Å². The van der Waals surface area contributed by atoms with Crippen LogP contribution in [0.2, 0.25) is 0 Å². The van der Waals surface area contributed by atoms with Crippen molar-refractivity contribution in [2.75, 3.05) is 12.4 Å². The fraction of sp³-hybridized carbons (Fsp3) is 0.294. The van der Waals surface area contributed by atoms with E-state index in [2.05, 4.69) is 16.9 Å². The maximum Gasteiger partial charge on any atom is 0.416 e. The quantitative estimate of drug-likeness (QED) is 0.528. The fourth-order valence-corrected chi connectivity index (χ4v) is 1.99. The Balaban J connectivity index is 3.38. The summed E-state index contributed by atoms with van der Waals surface area (Å²) in [6.07, 6.45) is 1.08. The summed E-state index contributed by atoms with van der Waals surface area (Å²) >= 11 is 0. The maximum atomic E-state index is 12.9. The first-order valence-corrected chi connectivity index (χ1v) is 7.16. The van der Waals surface area contributed by atoms with E-state index in [9.17, 15) is 13.2 Å². The van der Waals surface area contributed by atoms with E-state index in [4.69, 9.17) is 5.41 Å². The highest BCUT2D eigenvalue weighted by Gasteiger charge is 2.31. The molecule has 0 spiro atoms. The molecule has 0 aliphatic rings. The van der Waals surface area contributed by atoms with Crippen molar-refractivity contribution in [2.45, 2.75) is 25.9 Å². The van der Waals surface area contributed by atoms with Gasteiger partial charge >= 0.3 is 6.18 Å². The lowest BCUT2D eigenvalue weighted by Gasteiger charge is -2.14. The zero-order chi connectivity index (χ0) is 17.5. The Hall–Kier alpha value is -2.37. The third-order valence-corrected chi connectivity index (χ3v) is 3.19. The second-order valence-electron chi connectivity index (χ2n) is 4.81. The van der Waals surface area contributed by atoms with Crippen molar-refractivity contribution in [3.63, 3.8) is 0 Å². The van der Waals surface area contributed by atoms with E-state index in [0.29, 0.717) is 29.0 Å². The van der Waals surface area contributed by atoms with E-state index in [0.717, 1.165) is 24.8 Å². The molecule has 1 aromatic carbocycles. The number of nitrogens with zero attached hydrogens (tertiary/aromatic N) is 1. The van der Waals surface area contributed by atoms with Crippen molar-refractivity contribution in [1.29, 1.82) is 5.41 Å². The number of allylic oxidation sites excluding steroid dienone is 2. The molecular formula is C17H20F3N3. The van der Waals surface area contributed by atoms with Gasteiger partial charge < -0.3 is 10.7 Å². The molecule has 2 N–H and O–H groups in total. The summed E-state index contributed by atoms with van der Waals surface area (Å²) in [6.45, 7) is 5.61. The standard InChI is InChI=1S/C17H20F3N3/c1-4-6-14(10-21)23-11-12(5-2)15-9-13(17(18,19)20)7-8-16(15)22-3/h5,7-11,21-22H,2,4,6H2,1,3H3/b12-11+,21-10?,23-14?. The van der Waals surface area contributed by atoms with Gasteiger partial charge in [0.05, 0.1) is 11.3 Å². The monoisotopic (exact) mass is 323 g/mol. The van der Waals surface area contributed by atoms with Crippen LogP contribution in [0.4, 0.5) is 18.9 Å². The van der Waals surface area contributed by atoms with Gasteiger partial charge in [-0.25, -0.2) is 0 Å². The van der Waals surface area contributed by atoms with Crippen molar-refractivity contribution in [3.8, 4) is 0 Å². The van der Waals surface area contributed by atoms with Crippen LogP contribution >= 0.6 is 0 Å². The van der Waals surface area contributed by atoms with Crippen molar-refractivity contribution < 1.29 is 13.2 Å². The Labute approximate surface area is 134 Å². The Morgan fingerprint density at radius 3 is 2.57 bits per heavy atom. The van der Waals surface area contributed by atoms with Crippen LogP contribution in [0.15, 0.2) is 42.0 Å². The second-order valence-corrected chi connectivity index (χ2v) is 4.81. The number of anilines is 1. The van der Waals surface area contributed by atoms with Gasteiger partial charge in [-0.05, 0) is 24.6 Å². The van der Waals surface area contributed by atoms with E-state index in [1.54, 1.807) is 7.05 Å². The number of aliphatic imine (C=N–C) groups is 1. The van der Waals surface area contributed by atoms with Gasteiger partial charge in [0.2, 0.25) is 0 Å². The highest BCUT2D eigenvalue weighted by molar-refractivity contribution is 6.29. The third kappa shape index (κ3) is 5.09. The molecule has 1 aromatic rings. The predicted octanol–water partition coefficient (Wildman–Crippen LogP) is 5.16. The number of halogens is 3. The average Bonchev–Trinajstić information content (AvgIpc) is 2.53. The Morgan fingerprint density at radius 1 is 1.39 bits per heavy atom. The molecule has 0 radical (unpaired) electrons. The first-order chi connectivity index (χ1) is 10.9. The lowest BCUT2D eigenvalue weighted by Crippen LogP contribution is -2.06. The Morgan fingerprint density at radius 2 is 2.09 bits per heavy atom. The largest absolute Gasteiger partial charge is 0.416 e. The van der Waals surface area contributed by atoms with Gasteiger partial charge in [-0.1, -0.05) is 26.0 Å². The summed E-state index contributed by atoms with van der Waals surface area (Å²) in [5, 5.41) is 10.2. The molecule has 0 amide bonds. The highest BCUT2D eigenvalue weighted by atomic mass is 19.4. The molecule has 3 nitrogen and oxygen atoms in total. The number of hydrogen-bond donors (Lipinski definition) is 2. The average molecular weight is 323 g/mol. The topological polar surface area (TPSA) is 48.2 Å². The molecule has 124 valence electrons. The van der Waals surface area contributed by atoms with Gasteiger partial charge in [0, 0.05) is 36.3 Å². The number of nitrogens with one attached hydrogen (secondary N) is 2. The van der Waals surface area contributed by atoms with Crippen LogP contribution in [0.1, 0.15) is 30.9 Å². The van der Waals surface area contributed by atoms with Crippen molar-refractivity contribution in [1.82, 2.24) is 0 Å². The minimum Gasteiger partial charge on any atom is -0.388 e. The zero-order valence-electron chi connectivity index (χ0n) is 13.2. The lowest BCUT2D eigenvalue weighted by molar-refractivity contribution is -0.137. The minimum atomic E-state index is -4.42. The van der Waals surface area contributed by atoms with E-state index < -0.39 is 11.7 Å². The van der Waals surface area contributed by atoms with Crippen LogP contribution in [0.5, 0.6) is 0 Å². The van der Waals surface area contributed by atoms with Crippen LogP contribution < -0.4 is 5.32 Å². The Bertz CT molecular complexity index is 628. The van der Waals surface area contributed by atoms with Gasteiger partial charge in [0.25, 0.3) is 0 Å². The summed E-state index contributed by atoms with van der Waals surface area (Å²) in [6, 6.07) is 3.47. The summed E-state index contributed by atoms with van der Waals surface area (Å²) in [5.74, 6) is 0. The fourth-order valence-electron chi connectivity index (χ4n) is 1.99. The summed E-state index contributed by atoms with van der Waals surface area (Å²) < 4.78 is 38.8. The van der Waals surface area contributed by atoms with Crippen molar-refractivity contribution >= 4 is 23.2 Å². The van der Waals surface area contributed by atoms with Crippen LogP contribution in [0.25, 0.3) is 5.57 Å². The SMILES string of the molecule is C=C/C(=C\N=C(C=N)CCC)c1cc(C(F)(F)F)ccc1NC. The summed E-state index contributed by atoms with van der Waals surface area (Å²) in [4.78, 5) is 4.18. The maximum absolute atomic E-state index is 12.9. The molecule has 1 rings (SSSR count). The zero-order valence-corrected chi connectivity index (χ0v) is 13.2. The number of alkyl halides is 3. The molecule has 0 saturated heterocycles. The van der Waals surface area contributed by atoms with Gasteiger partial charge in [0.1, 0.15) is 0 Å². The molecule has 0 bridgehead atoms. The van der Waals surface area contributed by atoms with Gasteiger partial charge in [-0.3, -0.25) is 4.99 Å². The van der Waals surface area contributed by atoms with Gasteiger partial charge in [0.15, 0.2) is 0 Å². The highest BCUT2D eigenvalue weighted by Crippen LogP contribution is 2.34. The smallest absolute Gasteiger partial charge is 0.388 e. The lowest BCUT2D eigenvalue weighted by atomic mass is 10.0. The number of hydrogen-bond acceptors (Lipinski definition) is 3. The molecule has 0 heterocycles. The van der Waals surface area contributed by atoms with Gasteiger partial charge in [-0.2, -0.15) is 13.2 Å².